The van der Waals surface area contributed by atoms with Crippen LogP contribution in [-0.2, 0) is 16.2 Å². The first-order chi connectivity index (χ1) is 44.7. The van der Waals surface area contributed by atoms with Gasteiger partial charge in [0.1, 0.15) is 11.2 Å². The number of rotatable bonds is 10. The summed E-state index contributed by atoms with van der Waals surface area (Å²) >= 11 is 0. The van der Waals surface area contributed by atoms with Crippen molar-refractivity contribution in [3.63, 3.8) is 0 Å². The second-order valence-electron chi connectivity index (χ2n) is 30.0. The number of nitrogens with zero attached hydrogens (tertiary/aromatic N) is 2. The third-order valence-corrected chi connectivity index (χ3v) is 25.3. The molecule has 14 aromatic rings. The van der Waals surface area contributed by atoms with Gasteiger partial charge in [-0.3, -0.25) is 0 Å². The highest BCUT2D eigenvalue weighted by Crippen LogP contribution is 2.58. The van der Waals surface area contributed by atoms with Crippen molar-refractivity contribution in [3.05, 3.63) is 276 Å². The van der Waals surface area contributed by atoms with Crippen LogP contribution in [0.1, 0.15) is 74.9 Å². The second kappa shape index (κ2) is 20.1. The normalized spacial score (nSPS) is 14.7. The van der Waals surface area contributed by atoms with E-state index in [0.717, 1.165) is 67.2 Å². The number of furan rings is 2. The summed E-state index contributed by atoms with van der Waals surface area (Å²) in [7, 11) is -3.80. The molecule has 0 spiro atoms. The third-order valence-electron chi connectivity index (χ3n) is 21.3. The summed E-state index contributed by atoms with van der Waals surface area (Å²) in [6, 6.07) is 91.3. The number of benzene rings is 12. The van der Waals surface area contributed by atoms with Gasteiger partial charge in [0.2, 0.25) is 0 Å². The van der Waals surface area contributed by atoms with Crippen molar-refractivity contribution >= 4 is 105 Å². The number of anilines is 6. The first kappa shape index (κ1) is 57.2. The minimum Gasteiger partial charge on any atom is -0.454 e. The van der Waals surface area contributed by atoms with Crippen LogP contribution >= 0.6 is 0 Å². The zero-order chi connectivity index (χ0) is 63.8. The Morgan fingerprint density at radius 1 is 0.280 bits per heavy atom. The van der Waals surface area contributed by atoms with Crippen LogP contribution in [0.3, 0.4) is 0 Å². The lowest BCUT2D eigenvalue weighted by Crippen LogP contribution is -2.37. The molecule has 0 atom stereocenters. The Kier molecular flexibility index (Phi) is 12.4. The van der Waals surface area contributed by atoms with E-state index in [1.54, 1.807) is 0 Å². The predicted octanol–water partition coefficient (Wildman–Crippen LogP) is 23.8. The first-order valence-corrected chi connectivity index (χ1v) is 40.1. The zero-order valence-electron chi connectivity index (χ0n) is 55.3. The van der Waals surface area contributed by atoms with Gasteiger partial charge in [-0.2, -0.15) is 0 Å². The number of hydrogen-bond donors (Lipinski definition) is 0. The van der Waals surface area contributed by atoms with E-state index in [9.17, 15) is 0 Å². The molecular formula is C87H76N2O2Si2. The Morgan fingerprint density at radius 2 is 0.667 bits per heavy atom. The van der Waals surface area contributed by atoms with E-state index < -0.39 is 21.6 Å². The van der Waals surface area contributed by atoms with Crippen molar-refractivity contribution in [3.8, 4) is 55.6 Å². The molecule has 6 heteroatoms. The molecule has 454 valence electrons. The summed E-state index contributed by atoms with van der Waals surface area (Å²) < 4.78 is 15.0. The highest BCUT2D eigenvalue weighted by molar-refractivity contribution is 6.90. The summed E-state index contributed by atoms with van der Waals surface area (Å²) in [5, 5.41) is 7.24. The molecule has 0 bridgehead atoms. The SMILES string of the molecule is CC1(C)c2ccccc2-c2ccc(N(c3ccc4c(c3)C(C)(C)c3c-4cccc3-c3ccc([Si](C)(C)C)c4oc5c(N(c6ccc(-c7ccccc7)cc6)c6ccc7c(c6)C(C)(C)c6ccccc6-7)cccc5c34)c3cccc4c3oc3c([Si](C)(C)C)cccc34)cc21. The molecule has 12 aromatic carbocycles. The largest absolute Gasteiger partial charge is 0.454 e. The quantitative estimate of drug-likeness (QED) is 0.128. The summed E-state index contributed by atoms with van der Waals surface area (Å²) in [5.41, 5.74) is 29.9. The molecule has 17 rings (SSSR count). The molecule has 0 saturated heterocycles. The van der Waals surface area contributed by atoms with E-state index in [-0.39, 0.29) is 10.8 Å². The average molecular weight is 1240 g/mol. The minimum absolute atomic E-state index is 0.184. The van der Waals surface area contributed by atoms with E-state index in [4.69, 9.17) is 8.83 Å². The number of hydrogen-bond acceptors (Lipinski definition) is 4. The number of fused-ring (bicyclic) bond motifs is 15. The predicted molar refractivity (Wildman–Crippen MR) is 400 cm³/mol. The monoisotopic (exact) mass is 1240 g/mol. The van der Waals surface area contributed by atoms with Crippen LogP contribution in [0.2, 0.25) is 39.3 Å². The van der Waals surface area contributed by atoms with Crippen LogP contribution in [0, 0.1) is 0 Å². The van der Waals surface area contributed by atoms with E-state index in [2.05, 4.69) is 333 Å². The molecule has 0 fully saturated rings. The van der Waals surface area contributed by atoms with E-state index in [0.29, 0.717) is 0 Å². The lowest BCUT2D eigenvalue weighted by Gasteiger charge is -2.30. The fraction of sp³-hybridized carbons (Fsp3) is 0.172. The van der Waals surface area contributed by atoms with E-state index >= 15 is 0 Å². The van der Waals surface area contributed by atoms with Gasteiger partial charge >= 0.3 is 0 Å². The lowest BCUT2D eigenvalue weighted by atomic mass is 9.78. The number of para-hydroxylation sites is 3. The highest BCUT2D eigenvalue weighted by atomic mass is 28.3. The zero-order valence-corrected chi connectivity index (χ0v) is 57.3. The fourth-order valence-electron chi connectivity index (χ4n) is 16.6. The maximum atomic E-state index is 7.68. The Labute approximate surface area is 548 Å². The van der Waals surface area contributed by atoms with Crippen LogP contribution in [-0.4, -0.2) is 16.1 Å². The van der Waals surface area contributed by atoms with Gasteiger partial charge in [0.05, 0.1) is 27.5 Å². The van der Waals surface area contributed by atoms with Gasteiger partial charge in [-0.05, 0) is 160 Å². The molecule has 2 heterocycles. The Balaban J connectivity index is 0.840. The van der Waals surface area contributed by atoms with Gasteiger partial charge in [-0.25, -0.2) is 0 Å². The van der Waals surface area contributed by atoms with E-state index in [1.165, 1.54) is 110 Å². The summed E-state index contributed by atoms with van der Waals surface area (Å²) in [6.45, 7) is 29.0. The van der Waals surface area contributed by atoms with Crippen molar-refractivity contribution in [2.45, 2.75) is 97.1 Å². The van der Waals surface area contributed by atoms with Gasteiger partial charge in [0.15, 0.2) is 11.2 Å². The summed E-state index contributed by atoms with van der Waals surface area (Å²) in [6.07, 6.45) is 0. The van der Waals surface area contributed by atoms with Gasteiger partial charge in [0.25, 0.3) is 0 Å². The van der Waals surface area contributed by atoms with Crippen molar-refractivity contribution < 1.29 is 8.83 Å². The molecule has 0 N–H and O–H groups in total. The molecule has 3 aliphatic carbocycles. The maximum Gasteiger partial charge on any atom is 0.159 e. The van der Waals surface area contributed by atoms with Gasteiger partial charge in [-0.15, -0.1) is 0 Å². The maximum absolute atomic E-state index is 7.68. The molecular weight excluding hydrogens is 1160 g/mol. The molecule has 3 aliphatic rings. The molecule has 0 radical (unpaired) electrons. The molecule has 93 heavy (non-hydrogen) atoms. The fourth-order valence-corrected chi connectivity index (χ4v) is 19.5. The Bertz CT molecular complexity index is 5450. The van der Waals surface area contributed by atoms with Crippen LogP contribution < -0.4 is 20.2 Å². The molecule has 0 amide bonds. The van der Waals surface area contributed by atoms with Gasteiger partial charge < -0.3 is 18.6 Å². The molecule has 0 saturated carbocycles. The third kappa shape index (κ3) is 8.46. The van der Waals surface area contributed by atoms with Crippen molar-refractivity contribution in [2.24, 2.45) is 0 Å². The lowest BCUT2D eigenvalue weighted by molar-refractivity contribution is 0.660. The Hall–Kier alpha value is -9.73. The van der Waals surface area contributed by atoms with Crippen LogP contribution in [0.15, 0.2) is 251 Å². The minimum atomic E-state index is -2.01. The van der Waals surface area contributed by atoms with Gasteiger partial charge in [-0.1, -0.05) is 263 Å². The van der Waals surface area contributed by atoms with Gasteiger partial charge in [0, 0.05) is 60.5 Å². The Morgan fingerprint density at radius 3 is 1.24 bits per heavy atom. The summed E-state index contributed by atoms with van der Waals surface area (Å²) in [5.74, 6) is 0. The van der Waals surface area contributed by atoms with Crippen molar-refractivity contribution in [1.29, 1.82) is 0 Å². The highest BCUT2D eigenvalue weighted by Gasteiger charge is 2.42. The van der Waals surface area contributed by atoms with Crippen LogP contribution in [0.4, 0.5) is 34.1 Å². The van der Waals surface area contributed by atoms with Crippen molar-refractivity contribution in [1.82, 2.24) is 0 Å². The topological polar surface area (TPSA) is 32.8 Å². The second-order valence-corrected chi connectivity index (χ2v) is 40.1. The molecule has 0 unspecified atom stereocenters. The van der Waals surface area contributed by atoms with E-state index in [1.807, 2.05) is 0 Å². The smallest absolute Gasteiger partial charge is 0.159 e. The van der Waals surface area contributed by atoms with Crippen LogP contribution in [0.25, 0.3) is 99.5 Å². The standard InChI is InChI=1S/C87H76N2O2Si2/c1-85(2)70-33-18-16-26-59(70)61-45-42-56(50-72(61)85)88(55-40-38-54(39-41-55)53-24-14-13-15-25-53)76-36-22-32-69-79-64(48-49-78(93(10,11)12)84(79)91-82(69)76)66-29-20-28-65-63-47-44-58(52-74(63)87(5,6)80(65)66)89(57-43-46-62-60-27-17-19-34-71(60)86(3,4)73(62)51-57)75-35-21-30-67-68-31-23-37-77(92(7,8)9)83(68)90-81(67)75/h13-52H,1-12H3. The van der Waals surface area contributed by atoms with Crippen molar-refractivity contribution in [2.75, 3.05) is 9.80 Å². The summed E-state index contributed by atoms with van der Waals surface area (Å²) in [4.78, 5) is 4.92. The molecule has 2 aromatic heterocycles. The van der Waals surface area contributed by atoms with Crippen LogP contribution in [0.5, 0.6) is 0 Å². The molecule has 4 nitrogen and oxygen atoms in total. The average Bonchev–Trinajstić information content (AvgIpc) is 1.58. The molecule has 0 aliphatic heterocycles. The first-order valence-electron chi connectivity index (χ1n) is 33.1.